The molecule has 1 aromatic carbocycles. The number of phenolic OH excluding ortho intramolecular Hbond substituents is 2. The number of benzene rings is 1. The second-order valence-electron chi connectivity index (χ2n) is 7.16. The van der Waals surface area contributed by atoms with Gasteiger partial charge in [0.05, 0.1) is 11.6 Å². The maximum Gasteiger partial charge on any atom is 0.250 e. The Kier molecular flexibility index (Phi) is 3.47. The van der Waals surface area contributed by atoms with Gasteiger partial charge in [0.2, 0.25) is 5.91 Å². The first-order valence-corrected chi connectivity index (χ1v) is 7.83. The Morgan fingerprint density at radius 2 is 2.17 bits per heavy atom. The molecular formula is C18H22N2O3. The molecule has 2 aliphatic rings. The lowest BCUT2D eigenvalue weighted by Crippen LogP contribution is -2.39. The minimum Gasteiger partial charge on any atom is -0.508 e. The van der Waals surface area contributed by atoms with Gasteiger partial charge in [0.1, 0.15) is 11.5 Å². The van der Waals surface area contributed by atoms with Crippen molar-refractivity contribution in [3.05, 3.63) is 35.9 Å². The molecule has 122 valence electrons. The third-order valence-electron chi connectivity index (χ3n) is 5.71. The summed E-state index contributed by atoms with van der Waals surface area (Å²) >= 11 is 0. The van der Waals surface area contributed by atoms with Crippen molar-refractivity contribution < 1.29 is 15.0 Å². The summed E-state index contributed by atoms with van der Waals surface area (Å²) in [5.41, 5.74) is 3.51. The molecule has 1 aromatic rings. The van der Waals surface area contributed by atoms with Crippen LogP contribution in [-0.4, -0.2) is 22.3 Å². The quantitative estimate of drug-likeness (QED) is 0.456. The Morgan fingerprint density at radius 3 is 2.78 bits per heavy atom. The second-order valence-corrected chi connectivity index (χ2v) is 7.16. The van der Waals surface area contributed by atoms with Gasteiger partial charge in [-0.15, -0.1) is 0 Å². The summed E-state index contributed by atoms with van der Waals surface area (Å²) in [4.78, 5) is 12.7. The summed E-state index contributed by atoms with van der Waals surface area (Å²) in [6.07, 6.45) is 4.08. The molecule has 2 bridgehead atoms. The molecule has 2 fully saturated rings. The van der Waals surface area contributed by atoms with Crippen LogP contribution in [0.25, 0.3) is 0 Å². The predicted octanol–water partition coefficient (Wildman–Crippen LogP) is 2.93. The Balaban J connectivity index is 1.73. The number of nitrogens with one attached hydrogen (secondary N) is 1. The lowest BCUT2D eigenvalue weighted by Gasteiger charge is -2.36. The van der Waals surface area contributed by atoms with Gasteiger partial charge in [0.25, 0.3) is 0 Å². The zero-order valence-electron chi connectivity index (χ0n) is 13.5. The van der Waals surface area contributed by atoms with Crippen LogP contribution < -0.4 is 5.43 Å². The van der Waals surface area contributed by atoms with Gasteiger partial charge in [0.15, 0.2) is 0 Å². The molecule has 0 aromatic heterocycles. The molecular weight excluding hydrogens is 292 g/mol. The summed E-state index contributed by atoms with van der Waals surface area (Å²) in [6, 6.07) is 4.21. The van der Waals surface area contributed by atoms with Crippen molar-refractivity contribution in [2.24, 2.45) is 21.8 Å². The van der Waals surface area contributed by atoms with E-state index in [1.807, 2.05) is 0 Å². The number of hydrogen-bond donors (Lipinski definition) is 3. The fourth-order valence-electron chi connectivity index (χ4n) is 4.05. The smallest absolute Gasteiger partial charge is 0.250 e. The summed E-state index contributed by atoms with van der Waals surface area (Å²) in [6.45, 7) is 8.51. The zero-order chi connectivity index (χ0) is 16.8. The molecule has 3 N–H and O–H groups in total. The summed E-state index contributed by atoms with van der Waals surface area (Å²) < 4.78 is 0. The molecule has 3 rings (SSSR count). The number of rotatable bonds is 3. The van der Waals surface area contributed by atoms with Gasteiger partial charge in [-0.25, -0.2) is 5.43 Å². The van der Waals surface area contributed by atoms with Gasteiger partial charge in [-0.1, -0.05) is 26.0 Å². The van der Waals surface area contributed by atoms with Gasteiger partial charge < -0.3 is 10.2 Å². The van der Waals surface area contributed by atoms with Crippen LogP contribution >= 0.6 is 0 Å². The highest BCUT2D eigenvalue weighted by atomic mass is 16.3. The van der Waals surface area contributed by atoms with E-state index in [4.69, 9.17) is 0 Å². The SMILES string of the molecule is C=C1C(C)(C)[C@H]2CC[C@]1(C(=O)N/N=C\c1ccc(O)cc1O)C2. The van der Waals surface area contributed by atoms with Crippen LogP contribution in [-0.2, 0) is 4.79 Å². The predicted molar refractivity (Wildman–Crippen MR) is 88.2 cm³/mol. The Bertz CT molecular complexity index is 708. The molecule has 0 saturated heterocycles. The Hall–Kier alpha value is -2.30. The molecule has 2 atom stereocenters. The van der Waals surface area contributed by atoms with E-state index in [-0.39, 0.29) is 22.8 Å². The van der Waals surface area contributed by atoms with Crippen LogP contribution in [0.4, 0.5) is 0 Å². The minimum absolute atomic E-state index is 0.00543. The first kappa shape index (κ1) is 15.6. The summed E-state index contributed by atoms with van der Waals surface area (Å²) in [7, 11) is 0. The number of hydrogen-bond acceptors (Lipinski definition) is 4. The molecule has 0 radical (unpaired) electrons. The minimum atomic E-state index is -0.511. The second kappa shape index (κ2) is 5.11. The van der Waals surface area contributed by atoms with Crippen LogP contribution in [0, 0.1) is 16.7 Å². The van der Waals surface area contributed by atoms with Crippen molar-refractivity contribution in [2.45, 2.75) is 33.1 Å². The molecule has 2 saturated carbocycles. The van der Waals surface area contributed by atoms with E-state index in [9.17, 15) is 15.0 Å². The average Bonchev–Trinajstić information content (AvgIpc) is 3.01. The molecule has 2 aliphatic carbocycles. The molecule has 1 amide bonds. The summed E-state index contributed by atoms with van der Waals surface area (Å²) in [5, 5.41) is 22.9. The van der Waals surface area contributed by atoms with Gasteiger partial charge >= 0.3 is 0 Å². The van der Waals surface area contributed by atoms with Crippen molar-refractivity contribution in [1.29, 1.82) is 0 Å². The highest BCUT2D eigenvalue weighted by Crippen LogP contribution is 2.65. The van der Waals surface area contributed by atoms with E-state index in [0.29, 0.717) is 11.5 Å². The van der Waals surface area contributed by atoms with E-state index >= 15 is 0 Å². The third kappa shape index (κ3) is 2.31. The topological polar surface area (TPSA) is 81.9 Å². The maximum absolute atomic E-state index is 12.7. The van der Waals surface area contributed by atoms with E-state index < -0.39 is 5.41 Å². The molecule has 0 spiro atoms. The molecule has 23 heavy (non-hydrogen) atoms. The largest absolute Gasteiger partial charge is 0.508 e. The van der Waals surface area contributed by atoms with Crippen molar-refractivity contribution in [3.63, 3.8) is 0 Å². The molecule has 0 aliphatic heterocycles. The van der Waals surface area contributed by atoms with Crippen LogP contribution in [0.1, 0.15) is 38.7 Å². The van der Waals surface area contributed by atoms with Crippen LogP contribution in [0.5, 0.6) is 11.5 Å². The lowest BCUT2D eigenvalue weighted by molar-refractivity contribution is -0.128. The Morgan fingerprint density at radius 1 is 1.43 bits per heavy atom. The van der Waals surface area contributed by atoms with E-state index in [1.165, 1.54) is 24.4 Å². The monoisotopic (exact) mass is 314 g/mol. The molecule has 0 heterocycles. The van der Waals surface area contributed by atoms with Crippen LogP contribution in [0.2, 0.25) is 0 Å². The van der Waals surface area contributed by atoms with Gasteiger partial charge in [-0.3, -0.25) is 4.79 Å². The van der Waals surface area contributed by atoms with Crippen LogP contribution in [0.15, 0.2) is 35.5 Å². The van der Waals surface area contributed by atoms with E-state index in [2.05, 4.69) is 31.0 Å². The molecule has 5 nitrogen and oxygen atoms in total. The normalized spacial score (nSPS) is 28.4. The maximum atomic E-state index is 12.7. The average molecular weight is 314 g/mol. The van der Waals surface area contributed by atoms with Gasteiger partial charge in [-0.05, 0) is 42.7 Å². The van der Waals surface area contributed by atoms with Crippen molar-refractivity contribution in [1.82, 2.24) is 5.43 Å². The highest BCUT2D eigenvalue weighted by Gasteiger charge is 2.60. The van der Waals surface area contributed by atoms with Crippen molar-refractivity contribution in [2.75, 3.05) is 0 Å². The van der Waals surface area contributed by atoms with Gasteiger partial charge in [0, 0.05) is 11.6 Å². The van der Waals surface area contributed by atoms with Crippen molar-refractivity contribution >= 4 is 12.1 Å². The van der Waals surface area contributed by atoms with E-state index in [0.717, 1.165) is 24.8 Å². The number of carbonyl (C=O) groups excluding carboxylic acids is 1. The first-order valence-electron chi connectivity index (χ1n) is 7.83. The number of hydrazone groups is 1. The lowest BCUT2D eigenvalue weighted by atomic mass is 9.68. The first-order chi connectivity index (χ1) is 10.8. The number of phenols is 2. The number of amides is 1. The highest BCUT2D eigenvalue weighted by molar-refractivity contribution is 5.89. The van der Waals surface area contributed by atoms with Crippen LogP contribution in [0.3, 0.4) is 0 Å². The molecule has 5 heteroatoms. The molecule has 0 unspecified atom stereocenters. The number of nitrogens with zero attached hydrogens (tertiary/aromatic N) is 1. The zero-order valence-corrected chi connectivity index (χ0v) is 13.5. The Labute approximate surface area is 135 Å². The standard InChI is InChI=1S/C18H22N2O3/c1-11-17(2,3)13-6-7-18(11,9-13)16(23)20-19-10-12-4-5-14(21)8-15(12)22/h4-5,8,10,13,21-22H,1,6-7,9H2,2-3H3,(H,20,23)/b19-10-/t13-,18-/m0/s1. The number of aromatic hydroxyl groups is 2. The fourth-order valence-corrected chi connectivity index (χ4v) is 4.05. The van der Waals surface area contributed by atoms with E-state index in [1.54, 1.807) is 0 Å². The number of carbonyl (C=O) groups is 1. The fraction of sp³-hybridized carbons (Fsp3) is 0.444. The van der Waals surface area contributed by atoms with Gasteiger partial charge in [-0.2, -0.15) is 5.10 Å². The third-order valence-corrected chi connectivity index (χ3v) is 5.71. The van der Waals surface area contributed by atoms with Crippen molar-refractivity contribution in [3.8, 4) is 11.5 Å². The number of fused-ring (bicyclic) bond motifs is 2. The summed E-state index contributed by atoms with van der Waals surface area (Å²) in [5.74, 6) is 0.272.